The van der Waals surface area contributed by atoms with Crippen molar-refractivity contribution >= 4 is 29.1 Å². The largest absolute Gasteiger partial charge is 0.336 e. The van der Waals surface area contributed by atoms with Gasteiger partial charge in [0.1, 0.15) is 5.69 Å². The Balaban J connectivity index is 0.00000245. The van der Waals surface area contributed by atoms with Crippen LogP contribution in [0.4, 0.5) is 0 Å². The van der Waals surface area contributed by atoms with E-state index in [1.54, 1.807) is 6.20 Å². The van der Waals surface area contributed by atoms with E-state index in [0.29, 0.717) is 11.6 Å². The quantitative estimate of drug-likeness (QED) is 0.593. The van der Waals surface area contributed by atoms with E-state index >= 15 is 0 Å². The van der Waals surface area contributed by atoms with Crippen LogP contribution in [-0.2, 0) is 6.54 Å². The summed E-state index contributed by atoms with van der Waals surface area (Å²) in [5.41, 5.74) is 2.12. The molecule has 0 radical (unpaired) electrons. The van der Waals surface area contributed by atoms with Crippen LogP contribution < -0.4 is 0 Å². The SMILES string of the molecule is CN(C)CC1CN(Cc2ccccc2)CC12CN(C(=O)c1nccc3ccccc13)C2.Cl. The van der Waals surface area contributed by atoms with Gasteiger partial charge in [0.25, 0.3) is 5.91 Å². The number of nitrogens with zero attached hydrogens (tertiary/aromatic N) is 4. The van der Waals surface area contributed by atoms with Crippen molar-refractivity contribution in [2.45, 2.75) is 6.54 Å². The number of carbonyl (C=O) groups excluding carboxylic acids is 1. The molecule has 1 amide bonds. The lowest BCUT2D eigenvalue weighted by atomic mass is 9.71. The summed E-state index contributed by atoms with van der Waals surface area (Å²) >= 11 is 0. The molecule has 2 aliphatic rings. The summed E-state index contributed by atoms with van der Waals surface area (Å²) in [7, 11) is 4.30. The molecule has 2 aliphatic heterocycles. The van der Waals surface area contributed by atoms with E-state index in [9.17, 15) is 4.79 Å². The summed E-state index contributed by atoms with van der Waals surface area (Å²) in [5.74, 6) is 0.628. The predicted octanol–water partition coefficient (Wildman–Crippen LogP) is 3.79. The maximum atomic E-state index is 13.3. The molecule has 6 heteroatoms. The zero-order valence-electron chi connectivity index (χ0n) is 18.8. The van der Waals surface area contributed by atoms with Gasteiger partial charge in [-0.25, -0.2) is 0 Å². The molecule has 1 unspecified atom stereocenters. The average Bonchev–Trinajstić information content (AvgIpc) is 3.09. The lowest BCUT2D eigenvalue weighted by Crippen LogP contribution is -2.63. The Hall–Kier alpha value is -2.47. The molecule has 2 fully saturated rings. The van der Waals surface area contributed by atoms with Gasteiger partial charge in [0.15, 0.2) is 0 Å². The Labute approximate surface area is 196 Å². The van der Waals surface area contributed by atoms with Crippen molar-refractivity contribution in [2.75, 3.05) is 46.8 Å². The molecule has 32 heavy (non-hydrogen) atoms. The van der Waals surface area contributed by atoms with Crippen molar-refractivity contribution in [1.82, 2.24) is 19.7 Å². The van der Waals surface area contributed by atoms with E-state index in [2.05, 4.69) is 59.2 Å². The number of likely N-dealkylation sites (tertiary alicyclic amines) is 2. The molecule has 1 aromatic heterocycles. The smallest absolute Gasteiger partial charge is 0.273 e. The lowest BCUT2D eigenvalue weighted by Gasteiger charge is -2.51. The highest BCUT2D eigenvalue weighted by molar-refractivity contribution is 6.05. The topological polar surface area (TPSA) is 39.7 Å². The minimum atomic E-state index is 0. The fourth-order valence-electron chi connectivity index (χ4n) is 5.45. The second-order valence-corrected chi connectivity index (χ2v) is 9.52. The van der Waals surface area contributed by atoms with Crippen LogP contribution in [0.2, 0.25) is 0 Å². The van der Waals surface area contributed by atoms with Crippen molar-refractivity contribution in [2.24, 2.45) is 11.3 Å². The fourth-order valence-corrected chi connectivity index (χ4v) is 5.45. The number of halogens is 1. The van der Waals surface area contributed by atoms with Crippen LogP contribution in [0.25, 0.3) is 10.8 Å². The van der Waals surface area contributed by atoms with Crippen molar-refractivity contribution in [3.8, 4) is 0 Å². The number of pyridine rings is 1. The van der Waals surface area contributed by atoms with Gasteiger partial charge in [-0.3, -0.25) is 14.7 Å². The molecule has 5 nitrogen and oxygen atoms in total. The third-order valence-corrected chi connectivity index (χ3v) is 6.89. The molecule has 0 aliphatic carbocycles. The van der Waals surface area contributed by atoms with Gasteiger partial charge in [-0.15, -0.1) is 12.4 Å². The Morgan fingerprint density at radius 1 is 1.03 bits per heavy atom. The molecular formula is C26H31ClN4O. The minimum Gasteiger partial charge on any atom is -0.336 e. The number of hydrogen-bond donors (Lipinski definition) is 0. The van der Waals surface area contributed by atoms with E-state index in [-0.39, 0.29) is 23.7 Å². The highest BCUT2D eigenvalue weighted by atomic mass is 35.5. The van der Waals surface area contributed by atoms with Crippen molar-refractivity contribution in [3.63, 3.8) is 0 Å². The zero-order valence-corrected chi connectivity index (χ0v) is 19.6. The van der Waals surface area contributed by atoms with E-state index in [0.717, 1.165) is 50.0 Å². The number of benzene rings is 2. The second kappa shape index (κ2) is 9.18. The first-order valence-electron chi connectivity index (χ1n) is 11.1. The lowest BCUT2D eigenvalue weighted by molar-refractivity contribution is -0.0156. The maximum absolute atomic E-state index is 13.3. The van der Waals surface area contributed by atoms with Crippen LogP contribution in [0.3, 0.4) is 0 Å². The molecule has 2 aromatic carbocycles. The maximum Gasteiger partial charge on any atom is 0.273 e. The summed E-state index contributed by atoms with van der Waals surface area (Å²) in [6, 6.07) is 20.7. The summed E-state index contributed by atoms with van der Waals surface area (Å²) in [4.78, 5) is 24.6. The summed E-state index contributed by atoms with van der Waals surface area (Å²) in [6.07, 6.45) is 1.75. The van der Waals surface area contributed by atoms with Gasteiger partial charge in [0.05, 0.1) is 0 Å². The summed E-state index contributed by atoms with van der Waals surface area (Å²) in [6.45, 7) is 5.81. The summed E-state index contributed by atoms with van der Waals surface area (Å²) in [5, 5.41) is 2.01. The first-order valence-corrected chi connectivity index (χ1v) is 11.1. The molecule has 0 N–H and O–H groups in total. The van der Waals surface area contributed by atoms with Gasteiger partial charge in [0.2, 0.25) is 0 Å². The average molecular weight is 451 g/mol. The van der Waals surface area contributed by atoms with E-state index in [4.69, 9.17) is 0 Å². The van der Waals surface area contributed by atoms with Crippen LogP contribution in [0.5, 0.6) is 0 Å². The molecule has 168 valence electrons. The normalized spacial score (nSPS) is 19.8. The molecule has 3 heterocycles. The molecule has 0 bridgehead atoms. The van der Waals surface area contributed by atoms with Gasteiger partial charge in [0, 0.05) is 56.3 Å². The van der Waals surface area contributed by atoms with Gasteiger partial charge >= 0.3 is 0 Å². The number of carbonyl (C=O) groups is 1. The zero-order chi connectivity index (χ0) is 21.4. The highest BCUT2D eigenvalue weighted by Crippen LogP contribution is 2.45. The predicted molar refractivity (Wildman–Crippen MR) is 131 cm³/mol. The fraction of sp³-hybridized carbons (Fsp3) is 0.385. The molecule has 0 saturated carbocycles. The number of amides is 1. The Morgan fingerprint density at radius 2 is 1.75 bits per heavy atom. The minimum absolute atomic E-state index is 0. The van der Waals surface area contributed by atoms with E-state index < -0.39 is 0 Å². The number of rotatable bonds is 5. The molecule has 1 atom stereocenters. The standard InChI is InChI=1S/C26H30N4O.ClH/c1-28(2)15-22-16-29(14-20-8-4-3-5-9-20)17-26(22)18-30(19-26)25(31)24-23-11-7-6-10-21(23)12-13-27-24;/h3-13,22H,14-19H2,1-2H3;1H. The van der Waals surface area contributed by atoms with E-state index in [1.807, 2.05) is 35.2 Å². The van der Waals surface area contributed by atoms with Crippen LogP contribution in [0, 0.1) is 11.3 Å². The first kappa shape index (κ1) is 22.7. The molecule has 5 rings (SSSR count). The highest BCUT2D eigenvalue weighted by Gasteiger charge is 2.55. The first-order chi connectivity index (χ1) is 15.0. The Bertz CT molecular complexity index is 1080. The third kappa shape index (κ3) is 4.25. The van der Waals surface area contributed by atoms with Crippen LogP contribution in [-0.4, -0.2) is 72.4 Å². The van der Waals surface area contributed by atoms with Gasteiger partial charge in [-0.1, -0.05) is 54.6 Å². The number of hydrogen-bond acceptors (Lipinski definition) is 4. The van der Waals surface area contributed by atoms with Crippen molar-refractivity contribution in [3.05, 3.63) is 78.1 Å². The van der Waals surface area contributed by atoms with Crippen molar-refractivity contribution < 1.29 is 4.79 Å². The summed E-state index contributed by atoms with van der Waals surface area (Å²) < 4.78 is 0. The van der Waals surface area contributed by atoms with Crippen molar-refractivity contribution in [1.29, 1.82) is 0 Å². The monoisotopic (exact) mass is 450 g/mol. The molecule has 2 saturated heterocycles. The Kier molecular flexibility index (Phi) is 6.52. The molecule has 1 spiro atoms. The molecule has 3 aromatic rings. The molecular weight excluding hydrogens is 420 g/mol. The van der Waals surface area contributed by atoms with Crippen LogP contribution >= 0.6 is 12.4 Å². The number of fused-ring (bicyclic) bond motifs is 1. The van der Waals surface area contributed by atoms with Crippen LogP contribution in [0.15, 0.2) is 66.9 Å². The van der Waals surface area contributed by atoms with Gasteiger partial charge in [-0.05, 0) is 37.0 Å². The van der Waals surface area contributed by atoms with E-state index in [1.165, 1.54) is 5.56 Å². The third-order valence-electron chi connectivity index (χ3n) is 6.89. The van der Waals surface area contributed by atoms with Gasteiger partial charge < -0.3 is 9.80 Å². The Morgan fingerprint density at radius 3 is 2.50 bits per heavy atom. The van der Waals surface area contributed by atoms with Gasteiger partial charge in [-0.2, -0.15) is 0 Å². The van der Waals surface area contributed by atoms with Crippen LogP contribution in [0.1, 0.15) is 16.1 Å². The number of aromatic nitrogens is 1. The second-order valence-electron chi connectivity index (χ2n) is 9.52.